The zero-order valence-electron chi connectivity index (χ0n) is 12.7. The first-order valence-corrected chi connectivity index (χ1v) is 8.89. The van der Waals surface area contributed by atoms with E-state index >= 15 is 0 Å². The van der Waals surface area contributed by atoms with Gasteiger partial charge < -0.3 is 9.47 Å². The summed E-state index contributed by atoms with van der Waals surface area (Å²) < 4.78 is 2.13. The van der Waals surface area contributed by atoms with Crippen LogP contribution in [0.25, 0.3) is 0 Å². The number of thioether (sulfide) groups is 1. The Kier molecular flexibility index (Phi) is 3.49. The smallest absolute Gasteiger partial charge is 0.227 e. The van der Waals surface area contributed by atoms with E-state index in [2.05, 4.69) is 59.1 Å². The van der Waals surface area contributed by atoms with Crippen molar-refractivity contribution in [3.05, 3.63) is 59.9 Å². The SMILES string of the molecule is Cn1cccc1C1SCCN1C(=O)C1CC1c1ccccc1. The van der Waals surface area contributed by atoms with Crippen LogP contribution < -0.4 is 0 Å². The Hall–Kier alpha value is -1.68. The van der Waals surface area contributed by atoms with Gasteiger partial charge >= 0.3 is 0 Å². The minimum atomic E-state index is 0.184. The number of aromatic nitrogens is 1. The van der Waals surface area contributed by atoms with Gasteiger partial charge in [-0.3, -0.25) is 4.79 Å². The fourth-order valence-electron chi connectivity index (χ4n) is 3.42. The second kappa shape index (κ2) is 5.51. The van der Waals surface area contributed by atoms with Gasteiger partial charge in [-0.2, -0.15) is 0 Å². The highest BCUT2D eigenvalue weighted by atomic mass is 32.2. The fourth-order valence-corrected chi connectivity index (χ4v) is 4.75. The van der Waals surface area contributed by atoms with Crippen molar-refractivity contribution in [2.24, 2.45) is 13.0 Å². The molecule has 4 heteroatoms. The molecule has 0 radical (unpaired) electrons. The molecule has 0 bridgehead atoms. The largest absolute Gasteiger partial charge is 0.352 e. The maximum Gasteiger partial charge on any atom is 0.227 e. The molecule has 2 heterocycles. The van der Waals surface area contributed by atoms with E-state index in [0.717, 1.165) is 18.7 Å². The van der Waals surface area contributed by atoms with Gasteiger partial charge in [0.25, 0.3) is 0 Å². The highest BCUT2D eigenvalue weighted by Gasteiger charge is 2.48. The van der Waals surface area contributed by atoms with E-state index in [1.54, 1.807) is 0 Å². The number of carbonyl (C=O) groups excluding carboxylic acids is 1. The van der Waals surface area contributed by atoms with Crippen molar-refractivity contribution in [3.8, 4) is 0 Å². The molecule has 3 unspecified atom stereocenters. The highest BCUT2D eigenvalue weighted by molar-refractivity contribution is 7.99. The molecule has 1 aromatic heterocycles. The molecular formula is C18H20N2OS. The van der Waals surface area contributed by atoms with Crippen molar-refractivity contribution in [1.82, 2.24) is 9.47 Å². The van der Waals surface area contributed by atoms with Crippen LogP contribution in [0.15, 0.2) is 48.7 Å². The molecule has 3 nitrogen and oxygen atoms in total. The third-order valence-corrected chi connectivity index (χ3v) is 5.98. The number of nitrogens with zero attached hydrogens (tertiary/aromatic N) is 2. The van der Waals surface area contributed by atoms with Gasteiger partial charge in [-0.25, -0.2) is 0 Å². The number of amides is 1. The van der Waals surface area contributed by atoms with Gasteiger partial charge in [0, 0.05) is 31.5 Å². The van der Waals surface area contributed by atoms with Crippen LogP contribution in [0.5, 0.6) is 0 Å². The van der Waals surface area contributed by atoms with E-state index in [0.29, 0.717) is 11.8 Å². The van der Waals surface area contributed by atoms with Crippen LogP contribution in [0.3, 0.4) is 0 Å². The Labute approximate surface area is 135 Å². The van der Waals surface area contributed by atoms with E-state index in [1.165, 1.54) is 11.3 Å². The van der Waals surface area contributed by atoms with Crippen LogP contribution in [0, 0.1) is 5.92 Å². The lowest BCUT2D eigenvalue weighted by Crippen LogP contribution is -2.32. The maximum atomic E-state index is 12.9. The number of hydrogen-bond acceptors (Lipinski definition) is 2. The molecule has 3 atom stereocenters. The second-order valence-corrected chi connectivity index (χ2v) is 7.35. The maximum absolute atomic E-state index is 12.9. The third-order valence-electron chi connectivity index (χ3n) is 4.75. The lowest BCUT2D eigenvalue weighted by atomic mass is 10.1. The van der Waals surface area contributed by atoms with Crippen LogP contribution in [0.1, 0.15) is 29.0 Å². The molecule has 1 amide bonds. The molecular weight excluding hydrogens is 292 g/mol. The van der Waals surface area contributed by atoms with Gasteiger partial charge in [-0.05, 0) is 30.0 Å². The molecule has 2 fully saturated rings. The van der Waals surface area contributed by atoms with Crippen molar-refractivity contribution in [3.63, 3.8) is 0 Å². The second-order valence-electron chi connectivity index (χ2n) is 6.16. The van der Waals surface area contributed by atoms with Gasteiger partial charge in [-0.1, -0.05) is 30.3 Å². The molecule has 1 aromatic carbocycles. The summed E-state index contributed by atoms with van der Waals surface area (Å²) in [6, 6.07) is 14.6. The number of rotatable bonds is 3. The molecule has 1 aliphatic carbocycles. The summed E-state index contributed by atoms with van der Waals surface area (Å²) in [6.07, 6.45) is 3.06. The Morgan fingerprint density at radius 1 is 1.18 bits per heavy atom. The monoisotopic (exact) mass is 312 g/mol. The summed E-state index contributed by atoms with van der Waals surface area (Å²) in [5, 5.41) is 0.185. The predicted octanol–water partition coefficient (Wildman–Crippen LogP) is 3.40. The Morgan fingerprint density at radius 2 is 2.00 bits per heavy atom. The summed E-state index contributed by atoms with van der Waals surface area (Å²) in [7, 11) is 2.06. The van der Waals surface area contributed by atoms with Crippen LogP contribution in [0.4, 0.5) is 0 Å². The van der Waals surface area contributed by atoms with Gasteiger partial charge in [0.05, 0.1) is 5.69 Å². The zero-order chi connectivity index (χ0) is 15.1. The van der Waals surface area contributed by atoms with Gasteiger partial charge in [0.2, 0.25) is 5.91 Å². The summed E-state index contributed by atoms with van der Waals surface area (Å²) in [5.74, 6) is 1.98. The molecule has 1 saturated heterocycles. The van der Waals surface area contributed by atoms with Gasteiger partial charge in [-0.15, -0.1) is 11.8 Å². The van der Waals surface area contributed by atoms with Crippen LogP contribution in [-0.4, -0.2) is 27.7 Å². The molecule has 114 valence electrons. The van der Waals surface area contributed by atoms with Crippen LogP contribution >= 0.6 is 11.8 Å². The van der Waals surface area contributed by atoms with E-state index in [4.69, 9.17) is 0 Å². The van der Waals surface area contributed by atoms with Crippen molar-refractivity contribution >= 4 is 17.7 Å². The Bertz CT molecular complexity index is 681. The normalized spacial score (nSPS) is 27.1. The quantitative estimate of drug-likeness (QED) is 0.868. The summed E-state index contributed by atoms with van der Waals surface area (Å²) >= 11 is 1.88. The first kappa shape index (κ1) is 13.9. The summed E-state index contributed by atoms with van der Waals surface area (Å²) in [5.41, 5.74) is 2.54. The van der Waals surface area contributed by atoms with Crippen molar-refractivity contribution in [1.29, 1.82) is 0 Å². The van der Waals surface area contributed by atoms with E-state index in [-0.39, 0.29) is 11.3 Å². The highest BCUT2D eigenvalue weighted by Crippen LogP contribution is 2.50. The van der Waals surface area contributed by atoms with Gasteiger partial charge in [0.15, 0.2) is 0 Å². The number of carbonyl (C=O) groups is 1. The van der Waals surface area contributed by atoms with E-state index < -0.39 is 0 Å². The molecule has 1 aliphatic heterocycles. The van der Waals surface area contributed by atoms with E-state index in [9.17, 15) is 4.79 Å². The molecule has 1 saturated carbocycles. The first-order valence-electron chi connectivity index (χ1n) is 7.84. The van der Waals surface area contributed by atoms with Crippen molar-refractivity contribution in [2.75, 3.05) is 12.3 Å². The summed E-state index contributed by atoms with van der Waals surface area (Å²) in [6.45, 7) is 0.872. The molecule has 0 spiro atoms. The minimum Gasteiger partial charge on any atom is -0.352 e. The molecule has 4 rings (SSSR count). The Morgan fingerprint density at radius 3 is 2.73 bits per heavy atom. The number of benzene rings is 1. The average Bonchev–Trinajstić information content (AvgIpc) is 3.00. The zero-order valence-corrected chi connectivity index (χ0v) is 13.5. The van der Waals surface area contributed by atoms with Crippen LogP contribution in [0.2, 0.25) is 0 Å². The van der Waals surface area contributed by atoms with Crippen molar-refractivity contribution in [2.45, 2.75) is 17.7 Å². The topological polar surface area (TPSA) is 25.2 Å². The van der Waals surface area contributed by atoms with Crippen molar-refractivity contribution < 1.29 is 4.79 Å². The lowest BCUT2D eigenvalue weighted by molar-refractivity contribution is -0.132. The third kappa shape index (κ3) is 2.35. The van der Waals surface area contributed by atoms with Crippen LogP contribution in [-0.2, 0) is 11.8 Å². The molecule has 0 N–H and O–H groups in total. The lowest BCUT2D eigenvalue weighted by Gasteiger charge is -2.24. The minimum absolute atomic E-state index is 0.184. The van der Waals surface area contributed by atoms with Gasteiger partial charge in [0.1, 0.15) is 5.37 Å². The molecule has 2 aromatic rings. The Balaban J connectivity index is 1.50. The summed E-state index contributed by atoms with van der Waals surface area (Å²) in [4.78, 5) is 15.0. The first-order chi connectivity index (χ1) is 10.8. The average molecular weight is 312 g/mol. The standard InChI is InChI=1S/C18H20N2OS/c1-19-9-5-8-16(19)18-20(10-11-22-18)17(21)15-12-14(15)13-6-3-2-4-7-13/h2-9,14-15,18H,10-12H2,1H3. The number of aryl methyl sites for hydroxylation is 1. The molecule has 2 aliphatic rings. The molecule has 22 heavy (non-hydrogen) atoms. The number of hydrogen-bond donors (Lipinski definition) is 0. The fraction of sp³-hybridized carbons (Fsp3) is 0.389. The predicted molar refractivity (Wildman–Crippen MR) is 89.6 cm³/mol. The van der Waals surface area contributed by atoms with E-state index in [1.807, 2.05) is 17.8 Å².